The molecule has 3 rings (SSSR count). The number of carboxylic acids is 1. The van der Waals surface area contributed by atoms with E-state index >= 15 is 0 Å². The maximum absolute atomic E-state index is 10.9. The molecule has 0 saturated carbocycles. The lowest BCUT2D eigenvalue weighted by Crippen LogP contribution is -2.24. The molecule has 0 saturated heterocycles. The lowest BCUT2D eigenvalue weighted by molar-refractivity contribution is 0.0697. The molecule has 0 amide bonds. The van der Waals surface area contributed by atoms with Crippen LogP contribution in [0.4, 0.5) is 0 Å². The van der Waals surface area contributed by atoms with Gasteiger partial charge in [0.25, 0.3) is 0 Å². The summed E-state index contributed by atoms with van der Waals surface area (Å²) in [6, 6.07) is 13.1. The third-order valence-corrected chi connectivity index (χ3v) is 3.53. The first-order valence-electron chi connectivity index (χ1n) is 6.60. The van der Waals surface area contributed by atoms with Crippen LogP contribution < -0.4 is 4.74 Å². The van der Waals surface area contributed by atoms with E-state index in [9.17, 15) is 4.79 Å². The average molecular weight is 268 g/mol. The van der Waals surface area contributed by atoms with E-state index in [-0.39, 0.29) is 5.60 Å². The van der Waals surface area contributed by atoms with E-state index in [1.165, 1.54) is 5.56 Å². The molecule has 20 heavy (non-hydrogen) atoms. The molecule has 2 aromatic carbocycles. The second-order valence-corrected chi connectivity index (χ2v) is 5.74. The Hall–Kier alpha value is -2.29. The molecular formula is C17H16O3. The first-order valence-corrected chi connectivity index (χ1v) is 6.60. The van der Waals surface area contributed by atoms with Crippen molar-refractivity contribution in [2.24, 2.45) is 0 Å². The van der Waals surface area contributed by atoms with Crippen LogP contribution in [-0.2, 0) is 6.42 Å². The molecule has 1 heterocycles. The molecule has 0 bridgehead atoms. The molecule has 3 heteroatoms. The Morgan fingerprint density at radius 3 is 2.40 bits per heavy atom. The van der Waals surface area contributed by atoms with E-state index in [1.54, 1.807) is 12.1 Å². The average Bonchev–Trinajstić information content (AvgIpc) is 2.71. The fraction of sp³-hybridized carbons (Fsp3) is 0.235. The maximum Gasteiger partial charge on any atom is 0.335 e. The Labute approximate surface area is 117 Å². The summed E-state index contributed by atoms with van der Waals surface area (Å²) in [6.07, 6.45) is 0.892. The van der Waals surface area contributed by atoms with Gasteiger partial charge in [-0.05, 0) is 54.8 Å². The van der Waals surface area contributed by atoms with Crippen LogP contribution in [0, 0.1) is 0 Å². The minimum absolute atomic E-state index is 0.145. The Bertz CT molecular complexity index is 669. The molecular weight excluding hydrogens is 252 g/mol. The van der Waals surface area contributed by atoms with Crippen molar-refractivity contribution in [3.63, 3.8) is 0 Å². The maximum atomic E-state index is 10.9. The molecule has 0 atom stereocenters. The van der Waals surface area contributed by atoms with Crippen molar-refractivity contribution in [2.45, 2.75) is 25.9 Å². The van der Waals surface area contributed by atoms with E-state index in [0.717, 1.165) is 23.3 Å². The first kappa shape index (κ1) is 12.7. The molecule has 1 aliphatic heterocycles. The SMILES string of the molecule is CC1(C)Cc2cc(-c3ccc(C(=O)O)cc3)ccc2O1. The summed E-state index contributed by atoms with van der Waals surface area (Å²) in [5.74, 6) is 0.0431. The molecule has 0 aromatic heterocycles. The van der Waals surface area contributed by atoms with Crippen LogP contribution in [0.5, 0.6) is 5.75 Å². The molecule has 2 aromatic rings. The molecule has 0 radical (unpaired) electrons. The topological polar surface area (TPSA) is 46.5 Å². The molecule has 102 valence electrons. The van der Waals surface area contributed by atoms with Gasteiger partial charge in [-0.15, -0.1) is 0 Å². The van der Waals surface area contributed by atoms with E-state index in [2.05, 4.69) is 19.9 Å². The third kappa shape index (κ3) is 2.27. The van der Waals surface area contributed by atoms with Crippen molar-refractivity contribution in [3.05, 3.63) is 53.6 Å². The summed E-state index contributed by atoms with van der Waals surface area (Å²) in [6.45, 7) is 4.16. The van der Waals surface area contributed by atoms with E-state index in [0.29, 0.717) is 5.56 Å². The second kappa shape index (κ2) is 4.37. The van der Waals surface area contributed by atoms with Crippen molar-refractivity contribution in [1.82, 2.24) is 0 Å². The largest absolute Gasteiger partial charge is 0.487 e. The van der Waals surface area contributed by atoms with Gasteiger partial charge >= 0.3 is 5.97 Å². The van der Waals surface area contributed by atoms with Crippen molar-refractivity contribution < 1.29 is 14.6 Å². The molecule has 1 aliphatic rings. The lowest BCUT2D eigenvalue weighted by Gasteiger charge is -2.16. The standard InChI is InChI=1S/C17H16O3/c1-17(2)10-14-9-13(7-8-15(14)20-17)11-3-5-12(6-4-11)16(18)19/h3-9H,10H2,1-2H3,(H,18,19). The zero-order valence-electron chi connectivity index (χ0n) is 11.5. The zero-order valence-corrected chi connectivity index (χ0v) is 11.5. The molecule has 0 spiro atoms. The van der Waals surface area contributed by atoms with Gasteiger partial charge in [0.1, 0.15) is 11.4 Å². The zero-order chi connectivity index (χ0) is 14.3. The van der Waals surface area contributed by atoms with Crippen LogP contribution >= 0.6 is 0 Å². The van der Waals surface area contributed by atoms with Crippen molar-refractivity contribution in [1.29, 1.82) is 0 Å². The van der Waals surface area contributed by atoms with Gasteiger partial charge < -0.3 is 9.84 Å². The number of rotatable bonds is 2. The van der Waals surface area contributed by atoms with Crippen LogP contribution in [0.2, 0.25) is 0 Å². The summed E-state index contributed by atoms with van der Waals surface area (Å²) in [7, 11) is 0. The number of benzene rings is 2. The number of aromatic carboxylic acids is 1. The highest BCUT2D eigenvalue weighted by Gasteiger charge is 2.29. The monoisotopic (exact) mass is 268 g/mol. The second-order valence-electron chi connectivity index (χ2n) is 5.74. The van der Waals surface area contributed by atoms with Gasteiger partial charge in [0.15, 0.2) is 0 Å². The molecule has 1 N–H and O–H groups in total. The van der Waals surface area contributed by atoms with Gasteiger partial charge in [-0.2, -0.15) is 0 Å². The first-order chi connectivity index (χ1) is 9.44. The highest BCUT2D eigenvalue weighted by Crippen LogP contribution is 2.37. The Balaban J connectivity index is 1.94. The number of fused-ring (bicyclic) bond motifs is 1. The normalized spacial score (nSPS) is 15.5. The van der Waals surface area contributed by atoms with Gasteiger partial charge in [-0.3, -0.25) is 0 Å². The van der Waals surface area contributed by atoms with E-state index in [4.69, 9.17) is 9.84 Å². The quantitative estimate of drug-likeness (QED) is 0.902. The molecule has 0 unspecified atom stereocenters. The van der Waals surface area contributed by atoms with Crippen LogP contribution in [0.3, 0.4) is 0 Å². The minimum Gasteiger partial charge on any atom is -0.487 e. The van der Waals surface area contributed by atoms with Crippen molar-refractivity contribution >= 4 is 5.97 Å². The Morgan fingerprint density at radius 1 is 1.10 bits per heavy atom. The molecule has 0 aliphatic carbocycles. The fourth-order valence-corrected chi connectivity index (χ4v) is 2.59. The highest BCUT2D eigenvalue weighted by atomic mass is 16.5. The van der Waals surface area contributed by atoms with Crippen LogP contribution in [-0.4, -0.2) is 16.7 Å². The summed E-state index contributed by atoms with van der Waals surface area (Å²) in [5, 5.41) is 8.91. The van der Waals surface area contributed by atoms with Gasteiger partial charge in [0, 0.05) is 6.42 Å². The van der Waals surface area contributed by atoms with Gasteiger partial charge in [-0.1, -0.05) is 18.2 Å². The van der Waals surface area contributed by atoms with E-state index in [1.807, 2.05) is 24.3 Å². The molecule has 0 fully saturated rings. The van der Waals surface area contributed by atoms with Crippen LogP contribution in [0.15, 0.2) is 42.5 Å². The van der Waals surface area contributed by atoms with Gasteiger partial charge in [0.05, 0.1) is 5.56 Å². The summed E-state index contributed by atoms with van der Waals surface area (Å²) in [5.41, 5.74) is 3.47. The summed E-state index contributed by atoms with van der Waals surface area (Å²) in [4.78, 5) is 10.9. The van der Waals surface area contributed by atoms with Crippen molar-refractivity contribution in [3.8, 4) is 16.9 Å². The molecule has 3 nitrogen and oxygen atoms in total. The number of hydrogen-bond donors (Lipinski definition) is 1. The van der Waals surface area contributed by atoms with Crippen molar-refractivity contribution in [2.75, 3.05) is 0 Å². The summed E-state index contributed by atoms with van der Waals surface area (Å²) < 4.78 is 5.86. The van der Waals surface area contributed by atoms with E-state index < -0.39 is 5.97 Å². The fourth-order valence-electron chi connectivity index (χ4n) is 2.59. The summed E-state index contributed by atoms with van der Waals surface area (Å²) >= 11 is 0. The number of ether oxygens (including phenoxy) is 1. The predicted octanol–water partition coefficient (Wildman–Crippen LogP) is 3.77. The Morgan fingerprint density at radius 2 is 1.75 bits per heavy atom. The number of carboxylic acid groups (broad SMARTS) is 1. The van der Waals surface area contributed by atoms with Crippen LogP contribution in [0.25, 0.3) is 11.1 Å². The number of carbonyl (C=O) groups is 1. The minimum atomic E-state index is -0.902. The number of hydrogen-bond acceptors (Lipinski definition) is 2. The Kier molecular flexibility index (Phi) is 2.78. The van der Waals surface area contributed by atoms with Gasteiger partial charge in [0.2, 0.25) is 0 Å². The smallest absolute Gasteiger partial charge is 0.335 e. The lowest BCUT2D eigenvalue weighted by atomic mass is 9.97. The van der Waals surface area contributed by atoms with Gasteiger partial charge in [-0.25, -0.2) is 4.79 Å². The third-order valence-electron chi connectivity index (χ3n) is 3.53. The highest BCUT2D eigenvalue weighted by molar-refractivity contribution is 5.88. The predicted molar refractivity (Wildman–Crippen MR) is 77.2 cm³/mol. The van der Waals surface area contributed by atoms with Crippen LogP contribution in [0.1, 0.15) is 29.8 Å².